The summed E-state index contributed by atoms with van der Waals surface area (Å²) in [4.78, 5) is 0. The van der Waals surface area contributed by atoms with Crippen LogP contribution < -0.4 is 0 Å². The molecule has 0 heterocycles. The van der Waals surface area contributed by atoms with Gasteiger partial charge in [-0.25, -0.2) is 0 Å². The van der Waals surface area contributed by atoms with E-state index >= 15 is 0 Å². The summed E-state index contributed by atoms with van der Waals surface area (Å²) in [5.74, 6) is 0. The summed E-state index contributed by atoms with van der Waals surface area (Å²) in [6.07, 6.45) is 24.8. The zero-order valence-corrected chi connectivity index (χ0v) is 19.8. The molecule has 158 valence electrons. The van der Waals surface area contributed by atoms with Crippen molar-refractivity contribution in [2.45, 2.75) is 143 Å². The summed E-state index contributed by atoms with van der Waals surface area (Å²) < 4.78 is 13.3. The fourth-order valence-electron chi connectivity index (χ4n) is 4.01. The summed E-state index contributed by atoms with van der Waals surface area (Å²) in [5, 5.41) is 0. The predicted octanol–water partition coefficient (Wildman–Crippen LogP) is 9.43. The normalized spacial score (nSPS) is 15.1. The summed E-state index contributed by atoms with van der Waals surface area (Å²) in [5.41, 5.74) is 0.456. The third-order valence-electron chi connectivity index (χ3n) is 6.20. The van der Waals surface area contributed by atoms with Gasteiger partial charge in [-0.15, -0.1) is 0 Å². The molecule has 0 aliphatic heterocycles. The Bertz CT molecular complexity index is 326. The van der Waals surface area contributed by atoms with E-state index in [2.05, 4.69) is 27.7 Å². The van der Waals surface area contributed by atoms with Crippen molar-refractivity contribution in [1.29, 1.82) is 0 Å². The smallest absolute Gasteiger partial charge is 0.0901 e. The second kappa shape index (κ2) is 18.6. The van der Waals surface area contributed by atoms with Crippen molar-refractivity contribution < 1.29 is 4.57 Å². The lowest BCUT2D eigenvalue weighted by Gasteiger charge is -2.24. The largest absolute Gasteiger partial charge is 0.323 e. The number of hydrogen-bond acceptors (Lipinski definition) is 1. The lowest BCUT2D eigenvalue weighted by atomic mass is 10.1. The third kappa shape index (κ3) is 14.3. The average Bonchev–Trinajstić information content (AvgIpc) is 2.65. The second-order valence-electron chi connectivity index (χ2n) is 8.58. The molecule has 0 amide bonds. The molecule has 0 aromatic carbocycles. The Morgan fingerprint density at radius 2 is 0.962 bits per heavy atom. The quantitative estimate of drug-likeness (QED) is 0.150. The summed E-state index contributed by atoms with van der Waals surface area (Å²) in [7, 11) is -1.93. The van der Waals surface area contributed by atoms with Crippen molar-refractivity contribution in [3.8, 4) is 0 Å². The lowest BCUT2D eigenvalue weighted by molar-refractivity contribution is 0.537. The monoisotopic (exact) mass is 386 g/mol. The molecule has 0 aromatic rings. The van der Waals surface area contributed by atoms with Gasteiger partial charge in [-0.1, -0.05) is 124 Å². The predicted molar refractivity (Wildman–Crippen MR) is 122 cm³/mol. The molecular weight excluding hydrogens is 335 g/mol. The topological polar surface area (TPSA) is 17.1 Å². The SMILES string of the molecule is CCCCCCCCCCC(C)P(=O)(CC)CCCCCCCCCC. The zero-order valence-electron chi connectivity index (χ0n) is 18.9. The standard InChI is InChI=1S/C24H51OP/c1-5-8-10-12-14-16-18-20-22-24(4)26(25,7-3)23-21-19-17-15-13-11-9-6-2/h24H,5-23H2,1-4H3. The molecule has 0 aliphatic rings. The van der Waals surface area contributed by atoms with Crippen LogP contribution in [0.1, 0.15) is 137 Å². The molecule has 2 heteroatoms. The van der Waals surface area contributed by atoms with Crippen molar-refractivity contribution in [2.24, 2.45) is 0 Å². The zero-order chi connectivity index (χ0) is 19.5. The number of rotatable bonds is 20. The van der Waals surface area contributed by atoms with Crippen molar-refractivity contribution in [3.05, 3.63) is 0 Å². The molecule has 0 fully saturated rings. The van der Waals surface area contributed by atoms with E-state index in [1.165, 1.54) is 109 Å². The van der Waals surface area contributed by atoms with Crippen LogP contribution >= 0.6 is 7.14 Å². The van der Waals surface area contributed by atoms with Gasteiger partial charge in [0.1, 0.15) is 0 Å². The van der Waals surface area contributed by atoms with Crippen LogP contribution in [0.5, 0.6) is 0 Å². The molecule has 26 heavy (non-hydrogen) atoms. The van der Waals surface area contributed by atoms with E-state index in [1.807, 2.05) is 0 Å². The van der Waals surface area contributed by atoms with Gasteiger partial charge in [-0.05, 0) is 19.0 Å². The molecule has 1 nitrogen and oxygen atoms in total. The van der Waals surface area contributed by atoms with Gasteiger partial charge in [0.15, 0.2) is 0 Å². The van der Waals surface area contributed by atoms with Gasteiger partial charge < -0.3 is 4.57 Å². The Hall–Kier alpha value is 0.230. The first-order valence-corrected chi connectivity index (χ1v) is 14.3. The van der Waals surface area contributed by atoms with Crippen LogP contribution in [0.15, 0.2) is 0 Å². The average molecular weight is 387 g/mol. The first-order chi connectivity index (χ1) is 12.6. The minimum Gasteiger partial charge on any atom is -0.323 e. The van der Waals surface area contributed by atoms with Gasteiger partial charge in [0.25, 0.3) is 0 Å². The molecular formula is C24H51OP. The van der Waals surface area contributed by atoms with Crippen LogP contribution in [0, 0.1) is 0 Å². The molecule has 0 aliphatic carbocycles. The van der Waals surface area contributed by atoms with Gasteiger partial charge in [0.2, 0.25) is 0 Å². The van der Waals surface area contributed by atoms with Crippen molar-refractivity contribution in [3.63, 3.8) is 0 Å². The molecule has 2 atom stereocenters. The molecule has 0 saturated carbocycles. The van der Waals surface area contributed by atoms with Crippen LogP contribution in [0.4, 0.5) is 0 Å². The molecule has 0 aromatic heterocycles. The highest BCUT2D eigenvalue weighted by atomic mass is 31.2. The van der Waals surface area contributed by atoms with Crippen molar-refractivity contribution in [1.82, 2.24) is 0 Å². The lowest BCUT2D eigenvalue weighted by Crippen LogP contribution is -2.09. The van der Waals surface area contributed by atoms with Crippen molar-refractivity contribution in [2.75, 3.05) is 12.3 Å². The minimum atomic E-state index is -1.93. The Morgan fingerprint density at radius 1 is 0.577 bits per heavy atom. The molecule has 2 unspecified atom stereocenters. The fraction of sp³-hybridized carbons (Fsp3) is 1.00. The maximum atomic E-state index is 13.3. The highest BCUT2D eigenvalue weighted by Gasteiger charge is 2.26. The maximum Gasteiger partial charge on any atom is 0.0901 e. The minimum absolute atomic E-state index is 0.456. The van der Waals surface area contributed by atoms with Gasteiger partial charge in [-0.3, -0.25) is 0 Å². The maximum absolute atomic E-state index is 13.3. The van der Waals surface area contributed by atoms with E-state index in [-0.39, 0.29) is 0 Å². The van der Waals surface area contributed by atoms with Gasteiger partial charge in [0.05, 0.1) is 7.14 Å². The summed E-state index contributed by atoms with van der Waals surface area (Å²) in [6.45, 7) is 8.99. The van der Waals surface area contributed by atoms with E-state index in [0.717, 1.165) is 12.3 Å². The molecule has 0 rings (SSSR count). The molecule has 0 radical (unpaired) electrons. The molecule has 0 N–H and O–H groups in total. The van der Waals surface area contributed by atoms with E-state index in [4.69, 9.17) is 0 Å². The Balaban J connectivity index is 3.74. The highest BCUT2D eigenvalue weighted by Crippen LogP contribution is 2.52. The number of hydrogen-bond donors (Lipinski definition) is 0. The van der Waals surface area contributed by atoms with Gasteiger partial charge in [0, 0.05) is 11.8 Å². The van der Waals surface area contributed by atoms with Crippen LogP contribution in [-0.4, -0.2) is 18.0 Å². The van der Waals surface area contributed by atoms with Crippen LogP contribution in [0.2, 0.25) is 0 Å². The van der Waals surface area contributed by atoms with E-state index < -0.39 is 7.14 Å². The van der Waals surface area contributed by atoms with E-state index in [1.54, 1.807) is 0 Å². The van der Waals surface area contributed by atoms with Crippen molar-refractivity contribution >= 4 is 7.14 Å². The van der Waals surface area contributed by atoms with Crippen LogP contribution in [-0.2, 0) is 4.57 Å². The Kier molecular flexibility index (Phi) is 18.8. The first-order valence-electron chi connectivity index (χ1n) is 12.2. The first kappa shape index (κ1) is 26.2. The van der Waals surface area contributed by atoms with Crippen LogP contribution in [0.25, 0.3) is 0 Å². The Labute approximate surface area is 166 Å². The molecule has 0 spiro atoms. The molecule has 0 saturated heterocycles. The van der Waals surface area contributed by atoms with Gasteiger partial charge >= 0.3 is 0 Å². The van der Waals surface area contributed by atoms with Crippen LogP contribution in [0.3, 0.4) is 0 Å². The third-order valence-corrected chi connectivity index (χ3v) is 10.2. The number of unbranched alkanes of at least 4 members (excludes halogenated alkanes) is 14. The summed E-state index contributed by atoms with van der Waals surface area (Å²) >= 11 is 0. The van der Waals surface area contributed by atoms with Gasteiger partial charge in [-0.2, -0.15) is 0 Å². The van der Waals surface area contributed by atoms with E-state index in [9.17, 15) is 4.57 Å². The fourth-order valence-corrected chi connectivity index (χ4v) is 6.80. The Morgan fingerprint density at radius 3 is 1.38 bits per heavy atom. The molecule has 0 bridgehead atoms. The van der Waals surface area contributed by atoms with E-state index in [0.29, 0.717) is 5.66 Å². The highest BCUT2D eigenvalue weighted by molar-refractivity contribution is 7.64. The second-order valence-corrected chi connectivity index (χ2v) is 12.4. The summed E-state index contributed by atoms with van der Waals surface area (Å²) in [6, 6.07) is 0.